The molecule has 0 radical (unpaired) electrons. The quantitative estimate of drug-likeness (QED) is 0.352. The van der Waals surface area contributed by atoms with Crippen molar-refractivity contribution in [3.63, 3.8) is 0 Å². The van der Waals surface area contributed by atoms with E-state index in [0.29, 0.717) is 30.5 Å². The minimum Gasteiger partial charge on any atom is -0.507 e. The molecule has 40 heavy (non-hydrogen) atoms. The number of amides is 3. The molecular weight excluding hydrogens is 514 g/mol. The number of benzene rings is 2. The Morgan fingerprint density at radius 2 is 1.70 bits per heavy atom. The number of piperazine rings is 1. The van der Waals surface area contributed by atoms with Crippen LogP contribution in [0.1, 0.15) is 69.3 Å². The van der Waals surface area contributed by atoms with Gasteiger partial charge in [0.15, 0.2) is 0 Å². The highest BCUT2D eigenvalue weighted by Gasteiger charge is 2.31. The number of carbonyl (C=O) groups excluding carboxylic acids is 4. The largest absolute Gasteiger partial charge is 0.507 e. The molecule has 1 fully saturated rings. The van der Waals surface area contributed by atoms with E-state index in [9.17, 15) is 24.3 Å². The van der Waals surface area contributed by atoms with Gasteiger partial charge in [-0.05, 0) is 58.1 Å². The summed E-state index contributed by atoms with van der Waals surface area (Å²) in [6, 6.07) is 7.55. The third-order valence-electron chi connectivity index (χ3n) is 6.58. The van der Waals surface area contributed by atoms with Crippen LogP contribution in [0.15, 0.2) is 30.3 Å². The Balaban J connectivity index is 1.73. The molecule has 0 bridgehead atoms. The first-order valence-electron chi connectivity index (χ1n) is 13.8. The van der Waals surface area contributed by atoms with Gasteiger partial charge in [0, 0.05) is 43.5 Å². The average molecular weight is 556 g/mol. The van der Waals surface area contributed by atoms with Gasteiger partial charge in [0.1, 0.15) is 17.4 Å². The zero-order chi connectivity index (χ0) is 29.4. The van der Waals surface area contributed by atoms with Gasteiger partial charge in [0.25, 0.3) is 5.91 Å². The van der Waals surface area contributed by atoms with Crippen LogP contribution in [0.4, 0.5) is 4.79 Å². The smallest absolute Gasteiger partial charge is 0.409 e. The molecule has 218 valence electrons. The standard InChI is InChI=1S/C30H41N3O7/c1-6-7-16-39-29(38)33-14-12-32(13-15-33)28(37)24(10-11-26(35)40-30(3,4)5)31-27(36)22-18-21-17-20(2)8-9-23(21)25(34)19-22/h8-9,17-19,24,34H,6-7,10-16H2,1-5H3,(H,31,36). The molecule has 1 heterocycles. The minimum atomic E-state index is -1.00. The Kier molecular flexibility index (Phi) is 10.4. The van der Waals surface area contributed by atoms with E-state index < -0.39 is 29.6 Å². The van der Waals surface area contributed by atoms with Gasteiger partial charge in [-0.1, -0.05) is 37.1 Å². The predicted octanol–water partition coefficient (Wildman–Crippen LogP) is 4.16. The third kappa shape index (κ3) is 8.59. The fourth-order valence-corrected chi connectivity index (χ4v) is 4.48. The summed E-state index contributed by atoms with van der Waals surface area (Å²) in [6.07, 6.45) is 1.28. The molecule has 3 rings (SSSR count). The van der Waals surface area contributed by atoms with E-state index in [1.807, 2.05) is 26.0 Å². The van der Waals surface area contributed by atoms with Crippen LogP contribution >= 0.6 is 0 Å². The molecule has 1 atom stereocenters. The lowest BCUT2D eigenvalue weighted by atomic mass is 10.0. The molecule has 2 aromatic carbocycles. The highest BCUT2D eigenvalue weighted by Crippen LogP contribution is 2.27. The summed E-state index contributed by atoms with van der Waals surface area (Å²) in [4.78, 5) is 54.7. The fourth-order valence-electron chi connectivity index (χ4n) is 4.48. The number of hydrogen-bond acceptors (Lipinski definition) is 7. The van der Waals surface area contributed by atoms with Gasteiger partial charge in [-0.2, -0.15) is 0 Å². The molecule has 2 aromatic rings. The van der Waals surface area contributed by atoms with Gasteiger partial charge in [-0.25, -0.2) is 4.79 Å². The van der Waals surface area contributed by atoms with Gasteiger partial charge in [-0.15, -0.1) is 0 Å². The number of esters is 1. The molecule has 0 aliphatic carbocycles. The number of fused-ring (bicyclic) bond motifs is 1. The normalized spacial score (nSPS) is 14.5. The zero-order valence-electron chi connectivity index (χ0n) is 24.1. The molecule has 1 aliphatic rings. The van der Waals surface area contributed by atoms with Crippen molar-refractivity contribution in [1.82, 2.24) is 15.1 Å². The molecule has 1 saturated heterocycles. The number of aryl methyl sites for hydroxylation is 1. The fraction of sp³-hybridized carbons (Fsp3) is 0.533. The van der Waals surface area contributed by atoms with Crippen LogP contribution in [-0.4, -0.2) is 83.2 Å². The summed E-state index contributed by atoms with van der Waals surface area (Å²) >= 11 is 0. The van der Waals surface area contributed by atoms with Crippen molar-refractivity contribution in [3.05, 3.63) is 41.5 Å². The van der Waals surface area contributed by atoms with Crippen molar-refractivity contribution in [2.45, 2.75) is 71.9 Å². The lowest BCUT2D eigenvalue weighted by Gasteiger charge is -2.36. The van der Waals surface area contributed by atoms with E-state index in [1.165, 1.54) is 6.07 Å². The molecule has 1 unspecified atom stereocenters. The number of nitrogens with zero attached hydrogens (tertiary/aromatic N) is 2. The average Bonchev–Trinajstić information content (AvgIpc) is 2.89. The molecule has 1 aliphatic heterocycles. The van der Waals surface area contributed by atoms with E-state index in [2.05, 4.69) is 5.32 Å². The van der Waals surface area contributed by atoms with Crippen LogP contribution in [-0.2, 0) is 19.1 Å². The van der Waals surface area contributed by atoms with Crippen LogP contribution in [0.25, 0.3) is 10.8 Å². The Morgan fingerprint density at radius 3 is 2.35 bits per heavy atom. The number of nitrogens with one attached hydrogen (secondary N) is 1. The third-order valence-corrected chi connectivity index (χ3v) is 6.58. The lowest BCUT2D eigenvalue weighted by Crippen LogP contribution is -2.56. The van der Waals surface area contributed by atoms with Crippen molar-refractivity contribution in [2.24, 2.45) is 0 Å². The van der Waals surface area contributed by atoms with E-state index in [0.717, 1.165) is 18.4 Å². The second-order valence-corrected chi connectivity index (χ2v) is 11.2. The maximum Gasteiger partial charge on any atom is 0.409 e. The van der Waals surface area contributed by atoms with Crippen molar-refractivity contribution in [2.75, 3.05) is 32.8 Å². The number of ether oxygens (including phenoxy) is 2. The van der Waals surface area contributed by atoms with Crippen molar-refractivity contribution in [3.8, 4) is 5.75 Å². The van der Waals surface area contributed by atoms with Gasteiger partial charge in [0.05, 0.1) is 6.61 Å². The van der Waals surface area contributed by atoms with Crippen molar-refractivity contribution >= 4 is 34.6 Å². The van der Waals surface area contributed by atoms with Crippen LogP contribution in [0.5, 0.6) is 5.75 Å². The highest BCUT2D eigenvalue weighted by atomic mass is 16.6. The summed E-state index contributed by atoms with van der Waals surface area (Å²) in [5.41, 5.74) is 0.497. The molecular formula is C30H41N3O7. The maximum absolute atomic E-state index is 13.5. The number of hydrogen-bond donors (Lipinski definition) is 2. The summed E-state index contributed by atoms with van der Waals surface area (Å²) in [6.45, 7) is 10.7. The molecule has 10 heteroatoms. The van der Waals surface area contributed by atoms with E-state index >= 15 is 0 Å². The van der Waals surface area contributed by atoms with Crippen LogP contribution < -0.4 is 5.32 Å². The van der Waals surface area contributed by atoms with Crippen LogP contribution in [0.3, 0.4) is 0 Å². The van der Waals surface area contributed by atoms with Gasteiger partial charge in [-0.3, -0.25) is 14.4 Å². The Bertz CT molecular complexity index is 1230. The maximum atomic E-state index is 13.5. The van der Waals surface area contributed by atoms with Gasteiger partial charge in [0.2, 0.25) is 5.91 Å². The lowest BCUT2D eigenvalue weighted by molar-refractivity contribution is -0.155. The topological polar surface area (TPSA) is 125 Å². The Morgan fingerprint density at radius 1 is 1.02 bits per heavy atom. The van der Waals surface area contributed by atoms with Gasteiger partial charge >= 0.3 is 12.1 Å². The molecule has 0 spiro atoms. The highest BCUT2D eigenvalue weighted by molar-refractivity contribution is 6.02. The summed E-state index contributed by atoms with van der Waals surface area (Å²) in [5.74, 6) is -1.41. The first-order valence-corrected chi connectivity index (χ1v) is 13.8. The molecule has 2 N–H and O–H groups in total. The second kappa shape index (κ2) is 13.5. The Labute approximate surface area is 235 Å². The number of rotatable bonds is 9. The molecule has 0 saturated carbocycles. The number of aromatic hydroxyl groups is 1. The second-order valence-electron chi connectivity index (χ2n) is 11.2. The number of phenolic OH excluding ortho intramolecular Hbond substituents is 1. The van der Waals surface area contributed by atoms with Crippen LogP contribution in [0, 0.1) is 6.92 Å². The van der Waals surface area contributed by atoms with Crippen molar-refractivity contribution < 1.29 is 33.8 Å². The zero-order valence-corrected chi connectivity index (χ0v) is 24.1. The first-order chi connectivity index (χ1) is 18.9. The van der Waals surface area contributed by atoms with Gasteiger partial charge < -0.3 is 29.7 Å². The summed E-state index contributed by atoms with van der Waals surface area (Å²) in [5, 5.41) is 14.6. The number of phenols is 1. The van der Waals surface area contributed by atoms with E-state index in [1.54, 1.807) is 42.7 Å². The minimum absolute atomic E-state index is 0.0391. The molecule has 3 amide bonds. The summed E-state index contributed by atoms with van der Waals surface area (Å²) < 4.78 is 10.7. The summed E-state index contributed by atoms with van der Waals surface area (Å²) in [7, 11) is 0. The number of unbranched alkanes of at least 4 members (excludes halogenated alkanes) is 1. The monoisotopic (exact) mass is 555 g/mol. The molecule has 10 nitrogen and oxygen atoms in total. The SMILES string of the molecule is CCCCOC(=O)N1CCN(C(=O)C(CCC(=O)OC(C)(C)C)NC(=O)c2cc(O)c3ccc(C)cc3c2)CC1. The van der Waals surface area contributed by atoms with E-state index in [4.69, 9.17) is 9.47 Å². The van der Waals surface area contributed by atoms with Crippen molar-refractivity contribution in [1.29, 1.82) is 0 Å². The predicted molar refractivity (Wildman–Crippen MR) is 151 cm³/mol. The number of carbonyl (C=O) groups is 4. The first kappa shape index (κ1) is 30.7. The van der Waals surface area contributed by atoms with Crippen LogP contribution in [0.2, 0.25) is 0 Å². The Hall–Kier alpha value is -3.82. The molecule has 0 aromatic heterocycles. The van der Waals surface area contributed by atoms with E-state index in [-0.39, 0.29) is 43.2 Å².